The molecule has 0 bridgehead atoms. The van der Waals surface area contributed by atoms with Crippen LogP contribution in [0.1, 0.15) is 44.6 Å². The first-order chi connectivity index (χ1) is 10.5. The second kappa shape index (κ2) is 9.08. The number of carbonyl (C=O) groups excluding carboxylic acids is 1. The fourth-order valence-corrected chi connectivity index (χ4v) is 3.18. The largest absolute Gasteiger partial charge is 0.341 e. The molecule has 0 radical (unpaired) electrons. The van der Waals surface area contributed by atoms with E-state index in [9.17, 15) is 9.59 Å². The predicted octanol–water partition coefficient (Wildman–Crippen LogP) is 2.14. The van der Waals surface area contributed by atoms with Crippen LogP contribution in [0, 0.1) is 5.92 Å². The van der Waals surface area contributed by atoms with Gasteiger partial charge in [0.2, 0.25) is 11.5 Å². The van der Waals surface area contributed by atoms with Crippen LogP contribution in [0.15, 0.2) is 23.1 Å². The smallest absolute Gasteiger partial charge is 0.248 e. The molecule has 0 aliphatic carbocycles. The van der Waals surface area contributed by atoms with E-state index in [2.05, 4.69) is 24.1 Å². The van der Waals surface area contributed by atoms with Gasteiger partial charge in [0.15, 0.2) is 0 Å². The van der Waals surface area contributed by atoms with Crippen molar-refractivity contribution in [1.82, 2.24) is 15.2 Å². The van der Waals surface area contributed by atoms with Crippen LogP contribution < -0.4 is 10.9 Å². The summed E-state index contributed by atoms with van der Waals surface area (Å²) >= 11 is 0. The number of H-pyrrole nitrogens is 1. The lowest BCUT2D eigenvalue weighted by Gasteiger charge is -2.34. The Labute approximate surface area is 144 Å². The van der Waals surface area contributed by atoms with Gasteiger partial charge in [-0.15, -0.1) is 12.4 Å². The third kappa shape index (κ3) is 5.36. The molecule has 0 aromatic carbocycles. The molecule has 0 saturated carbocycles. The van der Waals surface area contributed by atoms with Crippen molar-refractivity contribution in [3.05, 3.63) is 34.2 Å². The van der Waals surface area contributed by atoms with Crippen molar-refractivity contribution in [3.8, 4) is 0 Å². The van der Waals surface area contributed by atoms with Gasteiger partial charge in [-0.05, 0) is 49.8 Å². The highest BCUT2D eigenvalue weighted by Gasteiger charge is 2.28. The topological polar surface area (TPSA) is 65.2 Å². The van der Waals surface area contributed by atoms with Gasteiger partial charge in [0.05, 0.1) is 6.04 Å². The highest BCUT2D eigenvalue weighted by Crippen LogP contribution is 2.27. The quantitative estimate of drug-likeness (QED) is 0.862. The molecule has 1 aromatic rings. The Bertz CT molecular complexity index is 551. The highest BCUT2D eigenvalue weighted by molar-refractivity contribution is 5.85. The molecule has 23 heavy (non-hydrogen) atoms. The van der Waals surface area contributed by atoms with E-state index in [4.69, 9.17) is 0 Å². The third-order valence-electron chi connectivity index (χ3n) is 4.43. The molecule has 1 amide bonds. The summed E-state index contributed by atoms with van der Waals surface area (Å²) in [6.45, 7) is 5.81. The number of piperidine rings is 1. The number of hydrogen-bond donors (Lipinski definition) is 2. The molecule has 1 saturated heterocycles. The molecule has 1 unspecified atom stereocenters. The first-order valence-corrected chi connectivity index (χ1v) is 8.16. The Morgan fingerprint density at radius 1 is 1.39 bits per heavy atom. The highest BCUT2D eigenvalue weighted by atomic mass is 35.5. The van der Waals surface area contributed by atoms with Gasteiger partial charge in [-0.25, -0.2) is 0 Å². The van der Waals surface area contributed by atoms with Crippen molar-refractivity contribution in [2.75, 3.05) is 20.1 Å². The Morgan fingerprint density at radius 3 is 2.57 bits per heavy atom. The molecule has 1 fully saturated rings. The van der Waals surface area contributed by atoms with E-state index < -0.39 is 0 Å². The molecule has 1 aromatic heterocycles. The summed E-state index contributed by atoms with van der Waals surface area (Å²) in [5, 5.41) is 3.14. The zero-order valence-corrected chi connectivity index (χ0v) is 15.0. The molecule has 6 heteroatoms. The van der Waals surface area contributed by atoms with Crippen LogP contribution in [0.4, 0.5) is 0 Å². The van der Waals surface area contributed by atoms with E-state index in [0.29, 0.717) is 11.8 Å². The maximum absolute atomic E-state index is 12.6. The number of carbonyl (C=O) groups is 1. The molecule has 1 aliphatic rings. The minimum absolute atomic E-state index is 0. The summed E-state index contributed by atoms with van der Waals surface area (Å²) in [5.41, 5.74) is 1.03. The van der Waals surface area contributed by atoms with Gasteiger partial charge in [0.1, 0.15) is 0 Å². The summed E-state index contributed by atoms with van der Waals surface area (Å²) in [5.74, 6) is 1.08. The lowest BCUT2D eigenvalue weighted by Crippen LogP contribution is -2.48. The molecule has 130 valence electrons. The molecule has 2 N–H and O–H groups in total. The molecular formula is C17H28ClN3O2. The molecule has 5 nitrogen and oxygen atoms in total. The first kappa shape index (κ1) is 19.7. The van der Waals surface area contributed by atoms with E-state index in [-0.39, 0.29) is 29.9 Å². The van der Waals surface area contributed by atoms with Gasteiger partial charge in [0.25, 0.3) is 0 Å². The lowest BCUT2D eigenvalue weighted by atomic mass is 9.89. The number of nitrogens with zero attached hydrogens (tertiary/aromatic N) is 1. The molecular weight excluding hydrogens is 314 g/mol. The molecule has 1 atom stereocenters. The number of nitrogens with one attached hydrogen (secondary N) is 2. The van der Waals surface area contributed by atoms with E-state index in [0.717, 1.165) is 37.9 Å². The van der Waals surface area contributed by atoms with Gasteiger partial charge >= 0.3 is 0 Å². The number of aromatic nitrogens is 1. The van der Waals surface area contributed by atoms with Crippen molar-refractivity contribution in [2.24, 2.45) is 5.92 Å². The summed E-state index contributed by atoms with van der Waals surface area (Å²) in [7, 11) is 1.86. The number of aromatic amines is 1. The summed E-state index contributed by atoms with van der Waals surface area (Å²) < 4.78 is 0. The van der Waals surface area contributed by atoms with Crippen LogP contribution in [0.25, 0.3) is 0 Å². The van der Waals surface area contributed by atoms with Crippen LogP contribution in [0.2, 0.25) is 0 Å². The maximum Gasteiger partial charge on any atom is 0.248 e. The number of halogens is 1. The Hall–Kier alpha value is -1.33. The number of likely N-dealkylation sites (tertiary alicyclic amines) is 1. The van der Waals surface area contributed by atoms with Crippen molar-refractivity contribution >= 4 is 18.3 Å². The average Bonchev–Trinajstić information content (AvgIpc) is 2.52. The SMILES string of the molecule is CNC(CC(C)C)C(=O)N1CCC(c2cc[nH]c(=O)c2)CC1.Cl. The van der Waals surface area contributed by atoms with Crippen molar-refractivity contribution in [1.29, 1.82) is 0 Å². The van der Waals surface area contributed by atoms with Gasteiger partial charge in [-0.3, -0.25) is 9.59 Å². The summed E-state index contributed by atoms with van der Waals surface area (Å²) in [6.07, 6.45) is 4.42. The average molecular weight is 342 g/mol. The van der Waals surface area contributed by atoms with Crippen LogP contribution in [0.3, 0.4) is 0 Å². The minimum atomic E-state index is -0.0869. The first-order valence-electron chi connectivity index (χ1n) is 8.16. The number of amides is 1. The van der Waals surface area contributed by atoms with Crippen LogP contribution >= 0.6 is 12.4 Å². The Balaban J connectivity index is 0.00000264. The van der Waals surface area contributed by atoms with Gasteiger partial charge in [-0.2, -0.15) is 0 Å². The van der Waals surface area contributed by atoms with Crippen molar-refractivity contribution < 1.29 is 4.79 Å². The fraction of sp³-hybridized carbons (Fsp3) is 0.647. The molecule has 1 aliphatic heterocycles. The van der Waals surface area contributed by atoms with Crippen LogP contribution in [-0.4, -0.2) is 42.0 Å². The predicted molar refractivity (Wildman–Crippen MR) is 95.2 cm³/mol. The molecule has 0 spiro atoms. The zero-order valence-electron chi connectivity index (χ0n) is 14.2. The lowest BCUT2D eigenvalue weighted by molar-refractivity contribution is -0.134. The summed E-state index contributed by atoms with van der Waals surface area (Å²) in [4.78, 5) is 28.6. The van der Waals surface area contributed by atoms with Gasteiger partial charge in [-0.1, -0.05) is 13.8 Å². The normalized spacial score (nSPS) is 17.0. The van der Waals surface area contributed by atoms with E-state index in [1.165, 1.54) is 0 Å². The maximum atomic E-state index is 12.6. The second-order valence-corrected chi connectivity index (χ2v) is 6.56. The van der Waals surface area contributed by atoms with Crippen LogP contribution in [0.5, 0.6) is 0 Å². The van der Waals surface area contributed by atoms with E-state index >= 15 is 0 Å². The van der Waals surface area contributed by atoms with Crippen LogP contribution in [-0.2, 0) is 4.79 Å². The number of likely N-dealkylation sites (N-methyl/N-ethyl adjacent to an activating group) is 1. The fourth-order valence-electron chi connectivity index (χ4n) is 3.18. The molecule has 2 heterocycles. The van der Waals surface area contributed by atoms with Crippen molar-refractivity contribution in [3.63, 3.8) is 0 Å². The summed E-state index contributed by atoms with van der Waals surface area (Å²) in [6, 6.07) is 3.56. The Kier molecular flexibility index (Phi) is 7.79. The third-order valence-corrected chi connectivity index (χ3v) is 4.43. The minimum Gasteiger partial charge on any atom is -0.341 e. The zero-order chi connectivity index (χ0) is 16.1. The molecule has 2 rings (SSSR count). The number of hydrogen-bond acceptors (Lipinski definition) is 3. The van der Waals surface area contributed by atoms with E-state index in [1.807, 2.05) is 18.0 Å². The van der Waals surface area contributed by atoms with Gasteiger partial charge < -0.3 is 15.2 Å². The second-order valence-electron chi connectivity index (χ2n) is 6.56. The number of pyridine rings is 1. The Morgan fingerprint density at radius 2 is 2.04 bits per heavy atom. The van der Waals surface area contributed by atoms with Crippen molar-refractivity contribution in [2.45, 2.75) is 45.1 Å². The number of rotatable bonds is 5. The standard InChI is InChI=1S/C17H27N3O2.ClH/c1-12(2)10-15(18-3)17(22)20-8-5-13(6-9-20)14-4-7-19-16(21)11-14;/h4,7,11-13,15,18H,5-6,8-10H2,1-3H3,(H,19,21);1H. The monoisotopic (exact) mass is 341 g/mol. The van der Waals surface area contributed by atoms with Gasteiger partial charge in [0, 0.05) is 25.4 Å². The van der Waals surface area contributed by atoms with E-state index in [1.54, 1.807) is 12.3 Å².